The summed E-state index contributed by atoms with van der Waals surface area (Å²) in [6.45, 7) is 8.56. The molecule has 0 heterocycles. The SMILES string of the molecule is CCNC(=NCC(CC)CC)NCCC(=O)OC.I. The molecule has 2 N–H and O–H groups in total. The summed E-state index contributed by atoms with van der Waals surface area (Å²) in [6.07, 6.45) is 2.63. The van der Waals surface area contributed by atoms with Gasteiger partial charge in [-0.1, -0.05) is 26.7 Å². The van der Waals surface area contributed by atoms with E-state index in [1.54, 1.807) is 0 Å². The van der Waals surface area contributed by atoms with Gasteiger partial charge in [0.1, 0.15) is 0 Å². The van der Waals surface area contributed by atoms with Crippen LogP contribution < -0.4 is 10.6 Å². The summed E-state index contributed by atoms with van der Waals surface area (Å²) >= 11 is 0. The van der Waals surface area contributed by atoms with Crippen molar-refractivity contribution in [2.75, 3.05) is 26.7 Å². The highest BCUT2D eigenvalue weighted by Gasteiger charge is 2.04. The first-order chi connectivity index (χ1) is 8.67. The van der Waals surface area contributed by atoms with E-state index in [4.69, 9.17) is 0 Å². The third kappa shape index (κ3) is 11.0. The summed E-state index contributed by atoms with van der Waals surface area (Å²) in [6, 6.07) is 0. The topological polar surface area (TPSA) is 62.7 Å². The molecular formula is C13H28IN3O2. The van der Waals surface area contributed by atoms with Crippen molar-refractivity contribution in [1.82, 2.24) is 10.6 Å². The monoisotopic (exact) mass is 385 g/mol. The summed E-state index contributed by atoms with van der Waals surface area (Å²) < 4.78 is 4.59. The van der Waals surface area contributed by atoms with Crippen molar-refractivity contribution in [2.24, 2.45) is 10.9 Å². The maximum atomic E-state index is 11.0. The quantitative estimate of drug-likeness (QED) is 0.291. The van der Waals surface area contributed by atoms with E-state index >= 15 is 0 Å². The Labute approximate surface area is 134 Å². The number of hydrogen-bond donors (Lipinski definition) is 2. The third-order valence-corrected chi connectivity index (χ3v) is 2.86. The maximum absolute atomic E-state index is 11.0. The Morgan fingerprint density at radius 2 is 1.84 bits per heavy atom. The molecule has 0 aliphatic carbocycles. The molecule has 0 aromatic heterocycles. The van der Waals surface area contributed by atoms with Gasteiger partial charge in [0, 0.05) is 19.6 Å². The molecule has 0 unspecified atom stereocenters. The lowest BCUT2D eigenvalue weighted by molar-refractivity contribution is -0.140. The van der Waals surface area contributed by atoms with Gasteiger partial charge in [0.05, 0.1) is 13.5 Å². The molecular weight excluding hydrogens is 357 g/mol. The Bertz CT molecular complexity index is 256. The second-order valence-electron chi connectivity index (χ2n) is 4.16. The van der Waals surface area contributed by atoms with Crippen LogP contribution in [0.4, 0.5) is 0 Å². The van der Waals surface area contributed by atoms with Gasteiger partial charge in [0.2, 0.25) is 0 Å². The highest BCUT2D eigenvalue weighted by atomic mass is 127. The average molecular weight is 385 g/mol. The van der Waals surface area contributed by atoms with E-state index in [1.807, 2.05) is 6.92 Å². The average Bonchev–Trinajstić information content (AvgIpc) is 2.39. The van der Waals surface area contributed by atoms with Crippen molar-refractivity contribution in [3.63, 3.8) is 0 Å². The van der Waals surface area contributed by atoms with Gasteiger partial charge in [-0.15, -0.1) is 24.0 Å². The van der Waals surface area contributed by atoms with E-state index in [-0.39, 0.29) is 29.9 Å². The summed E-state index contributed by atoms with van der Waals surface area (Å²) in [4.78, 5) is 15.5. The Morgan fingerprint density at radius 3 is 2.32 bits per heavy atom. The predicted molar refractivity (Wildman–Crippen MR) is 90.1 cm³/mol. The Hall–Kier alpha value is -0.530. The number of esters is 1. The van der Waals surface area contributed by atoms with Gasteiger partial charge in [-0.25, -0.2) is 0 Å². The molecule has 0 radical (unpaired) electrons. The zero-order chi connectivity index (χ0) is 13.8. The van der Waals surface area contributed by atoms with E-state index in [0.717, 1.165) is 31.9 Å². The molecule has 0 bridgehead atoms. The molecule has 0 aliphatic rings. The molecule has 0 rings (SSSR count). The highest BCUT2D eigenvalue weighted by molar-refractivity contribution is 14.0. The van der Waals surface area contributed by atoms with Gasteiger partial charge in [0.15, 0.2) is 5.96 Å². The normalized spacial score (nSPS) is 10.9. The number of carbonyl (C=O) groups excluding carboxylic acids is 1. The van der Waals surface area contributed by atoms with Gasteiger partial charge >= 0.3 is 5.97 Å². The second-order valence-corrected chi connectivity index (χ2v) is 4.16. The lowest BCUT2D eigenvalue weighted by atomic mass is 10.0. The zero-order valence-corrected chi connectivity index (χ0v) is 14.8. The molecule has 114 valence electrons. The van der Waals surface area contributed by atoms with E-state index < -0.39 is 0 Å². The number of methoxy groups -OCH3 is 1. The van der Waals surface area contributed by atoms with Gasteiger partial charge in [-0.3, -0.25) is 9.79 Å². The van der Waals surface area contributed by atoms with Crippen LogP contribution in [-0.2, 0) is 9.53 Å². The number of carbonyl (C=O) groups is 1. The lowest BCUT2D eigenvalue weighted by Gasteiger charge is -2.13. The van der Waals surface area contributed by atoms with Crippen LogP contribution in [0.5, 0.6) is 0 Å². The van der Waals surface area contributed by atoms with Crippen LogP contribution in [0.25, 0.3) is 0 Å². The minimum atomic E-state index is -0.210. The Balaban J connectivity index is 0. The fourth-order valence-electron chi connectivity index (χ4n) is 1.49. The molecule has 6 heteroatoms. The number of halogens is 1. The minimum absolute atomic E-state index is 0. The summed E-state index contributed by atoms with van der Waals surface area (Å²) in [5.41, 5.74) is 0. The first-order valence-corrected chi connectivity index (χ1v) is 6.76. The van der Waals surface area contributed by atoms with Crippen molar-refractivity contribution in [3.05, 3.63) is 0 Å². The number of hydrogen-bond acceptors (Lipinski definition) is 3. The summed E-state index contributed by atoms with van der Waals surface area (Å²) in [5.74, 6) is 1.19. The van der Waals surface area contributed by atoms with Crippen LogP contribution in [0, 0.1) is 5.92 Å². The number of nitrogens with one attached hydrogen (secondary N) is 2. The number of aliphatic imine (C=N–C) groups is 1. The minimum Gasteiger partial charge on any atom is -0.469 e. The largest absolute Gasteiger partial charge is 0.469 e. The number of ether oxygens (including phenoxy) is 1. The molecule has 0 aliphatic heterocycles. The van der Waals surface area contributed by atoms with Crippen molar-refractivity contribution in [1.29, 1.82) is 0 Å². The smallest absolute Gasteiger partial charge is 0.307 e. The molecule has 0 amide bonds. The van der Waals surface area contributed by atoms with Crippen LogP contribution in [0.15, 0.2) is 4.99 Å². The standard InChI is InChI=1S/C13H27N3O2.HI/c1-5-11(6-2)10-16-13(14-7-3)15-9-8-12(17)18-4;/h11H,5-10H2,1-4H3,(H2,14,15,16);1H. The maximum Gasteiger partial charge on any atom is 0.307 e. The number of guanidine groups is 1. The van der Waals surface area contributed by atoms with Crippen molar-refractivity contribution in [2.45, 2.75) is 40.0 Å². The van der Waals surface area contributed by atoms with E-state index in [2.05, 4.69) is 34.2 Å². The van der Waals surface area contributed by atoms with E-state index in [0.29, 0.717) is 18.9 Å². The van der Waals surface area contributed by atoms with E-state index in [1.165, 1.54) is 7.11 Å². The summed E-state index contributed by atoms with van der Waals surface area (Å²) in [5, 5.41) is 6.29. The van der Waals surface area contributed by atoms with Crippen molar-refractivity contribution < 1.29 is 9.53 Å². The fourth-order valence-corrected chi connectivity index (χ4v) is 1.49. The number of rotatable bonds is 8. The predicted octanol–water partition coefficient (Wildman–Crippen LogP) is 2.16. The van der Waals surface area contributed by atoms with Crippen LogP contribution >= 0.6 is 24.0 Å². The van der Waals surface area contributed by atoms with Crippen LogP contribution in [0.1, 0.15) is 40.0 Å². The summed E-state index contributed by atoms with van der Waals surface area (Å²) in [7, 11) is 1.40. The molecule has 19 heavy (non-hydrogen) atoms. The molecule has 0 aromatic rings. The zero-order valence-electron chi connectivity index (χ0n) is 12.5. The molecule has 5 nitrogen and oxygen atoms in total. The van der Waals surface area contributed by atoms with Crippen LogP contribution in [0.2, 0.25) is 0 Å². The van der Waals surface area contributed by atoms with Crippen molar-refractivity contribution >= 4 is 35.9 Å². The molecule has 0 fully saturated rings. The van der Waals surface area contributed by atoms with Gasteiger partial charge < -0.3 is 15.4 Å². The molecule has 0 saturated carbocycles. The second kappa shape index (κ2) is 13.9. The lowest BCUT2D eigenvalue weighted by Crippen LogP contribution is -2.38. The Morgan fingerprint density at radius 1 is 1.21 bits per heavy atom. The van der Waals surface area contributed by atoms with Gasteiger partial charge in [-0.05, 0) is 12.8 Å². The van der Waals surface area contributed by atoms with E-state index in [9.17, 15) is 4.79 Å². The Kier molecular flexibility index (Phi) is 15.2. The molecule has 0 saturated heterocycles. The van der Waals surface area contributed by atoms with Crippen LogP contribution in [-0.4, -0.2) is 38.7 Å². The van der Waals surface area contributed by atoms with Gasteiger partial charge in [-0.2, -0.15) is 0 Å². The molecule has 0 atom stereocenters. The third-order valence-electron chi connectivity index (χ3n) is 2.86. The molecule has 0 spiro atoms. The fraction of sp³-hybridized carbons (Fsp3) is 0.846. The van der Waals surface area contributed by atoms with Crippen molar-refractivity contribution in [3.8, 4) is 0 Å². The first-order valence-electron chi connectivity index (χ1n) is 6.76. The van der Waals surface area contributed by atoms with Crippen LogP contribution in [0.3, 0.4) is 0 Å². The van der Waals surface area contributed by atoms with Gasteiger partial charge in [0.25, 0.3) is 0 Å². The molecule has 0 aromatic carbocycles. The highest BCUT2D eigenvalue weighted by Crippen LogP contribution is 2.06. The first kappa shape index (κ1) is 20.8. The number of nitrogens with zero attached hydrogens (tertiary/aromatic N) is 1.